The van der Waals surface area contributed by atoms with E-state index in [2.05, 4.69) is 15.2 Å². The average Bonchev–Trinajstić information content (AvgIpc) is 3.49. The lowest BCUT2D eigenvalue weighted by Crippen LogP contribution is -2.52. The molecule has 3 heterocycles. The van der Waals surface area contributed by atoms with E-state index in [1.165, 1.54) is 31.2 Å². The Labute approximate surface area is 253 Å². The second-order valence-electron chi connectivity index (χ2n) is 10.7. The molecule has 0 amide bonds. The summed E-state index contributed by atoms with van der Waals surface area (Å²) in [5, 5.41) is 39.0. The van der Waals surface area contributed by atoms with Crippen LogP contribution in [0.3, 0.4) is 0 Å². The number of nitrogens with two attached hydrogens (primary N) is 1. The number of nitrogens with zero attached hydrogens (tertiary/aromatic N) is 4. The Hall–Kier alpha value is -3.64. The lowest BCUT2D eigenvalue weighted by Gasteiger charge is -2.33. The maximum atomic E-state index is 14.1. The second kappa shape index (κ2) is 13.2. The third-order valence-electron chi connectivity index (χ3n) is 7.70. The van der Waals surface area contributed by atoms with Crippen molar-refractivity contribution < 1.29 is 42.5 Å². The minimum absolute atomic E-state index is 0.125. The Morgan fingerprint density at radius 3 is 2.61 bits per heavy atom. The van der Waals surface area contributed by atoms with Crippen LogP contribution in [0, 0.1) is 23.3 Å². The number of benzene rings is 1. The summed E-state index contributed by atoms with van der Waals surface area (Å²) in [5.41, 5.74) is 1.14. The van der Waals surface area contributed by atoms with Crippen LogP contribution in [0.2, 0.25) is 0 Å². The highest BCUT2D eigenvalue weighted by molar-refractivity contribution is 7.52. The lowest BCUT2D eigenvalue weighted by atomic mass is 9.80. The zero-order valence-electron chi connectivity index (χ0n) is 24.7. The van der Waals surface area contributed by atoms with Gasteiger partial charge in [-0.2, -0.15) is 19.7 Å². The molecule has 44 heavy (non-hydrogen) atoms. The van der Waals surface area contributed by atoms with E-state index in [4.69, 9.17) is 24.3 Å². The first-order valence-electron chi connectivity index (χ1n) is 14.0. The van der Waals surface area contributed by atoms with Gasteiger partial charge in [-0.1, -0.05) is 44.9 Å². The van der Waals surface area contributed by atoms with Crippen LogP contribution in [0.4, 0.5) is 10.2 Å². The number of halogens is 1. The standard InChI is InChI=1S/C28H36FN6O8P/c1-5-18(6-2)14-40-25(37)17(3)34-44(39,43-19-10-8-7-9-11-19)41-15-21-23(36)27(4,38)28(16-30,42-21)22-13-12-20-24(31)32-26(29)33-35(20)22/h7-13,17-18,21,23,36,38H,5-6,14-15H2,1-4H3,(H,34,39)(H2,31,32,33)/t17-,21+,23+,27+,28-,44-/m0/s1. The van der Waals surface area contributed by atoms with E-state index in [1.54, 1.807) is 18.2 Å². The Balaban J connectivity index is 1.59. The number of aliphatic hydroxyl groups is 2. The van der Waals surface area contributed by atoms with Gasteiger partial charge in [0.05, 0.1) is 18.9 Å². The van der Waals surface area contributed by atoms with Crippen molar-refractivity contribution in [3.63, 3.8) is 0 Å². The van der Waals surface area contributed by atoms with Crippen molar-refractivity contribution in [1.82, 2.24) is 19.7 Å². The maximum absolute atomic E-state index is 14.1. The predicted octanol–water partition coefficient (Wildman–Crippen LogP) is 2.84. The summed E-state index contributed by atoms with van der Waals surface area (Å²) in [5.74, 6) is -0.602. The minimum Gasteiger partial charge on any atom is -0.464 e. The number of rotatable bonds is 13. The number of aromatic nitrogens is 3. The molecule has 4 rings (SSSR count). The van der Waals surface area contributed by atoms with E-state index < -0.39 is 55.9 Å². The van der Waals surface area contributed by atoms with Crippen LogP contribution in [-0.2, 0) is 29.0 Å². The molecule has 0 aliphatic carbocycles. The predicted molar refractivity (Wildman–Crippen MR) is 154 cm³/mol. The molecule has 16 heteroatoms. The molecule has 0 radical (unpaired) electrons. The van der Waals surface area contributed by atoms with Crippen molar-refractivity contribution >= 4 is 25.1 Å². The van der Waals surface area contributed by atoms with Crippen LogP contribution in [0.1, 0.15) is 46.2 Å². The van der Waals surface area contributed by atoms with Crippen LogP contribution in [0.25, 0.3) is 5.52 Å². The molecule has 1 aromatic carbocycles. The number of carbonyl (C=O) groups excluding carboxylic acids is 1. The molecule has 0 spiro atoms. The topological polar surface area (TPSA) is 204 Å². The molecule has 6 atom stereocenters. The molecule has 14 nitrogen and oxygen atoms in total. The van der Waals surface area contributed by atoms with Crippen LogP contribution in [-0.4, -0.2) is 67.8 Å². The second-order valence-corrected chi connectivity index (χ2v) is 12.4. The number of nitrogens with one attached hydrogen (secondary N) is 1. The normalized spacial score (nSPS) is 25.4. The number of hydrogen-bond acceptors (Lipinski definition) is 12. The summed E-state index contributed by atoms with van der Waals surface area (Å²) in [7, 11) is -4.39. The minimum atomic E-state index is -4.39. The molecule has 5 N–H and O–H groups in total. The van der Waals surface area contributed by atoms with E-state index in [-0.39, 0.29) is 35.3 Å². The Kier molecular flexibility index (Phi) is 9.94. The van der Waals surface area contributed by atoms with Gasteiger partial charge in [-0.3, -0.25) is 9.32 Å². The molecule has 1 aliphatic heterocycles. The SMILES string of the molecule is CCC(CC)COC(=O)[C@H](C)N[P@](=O)(OC[C@H]1O[C@@](C#N)(c2ccc3c(N)nc(F)nn23)[C@](C)(O)[C@@H]1O)Oc1ccccc1. The molecule has 0 unspecified atom stereocenters. The quantitative estimate of drug-likeness (QED) is 0.158. The van der Waals surface area contributed by atoms with E-state index in [9.17, 15) is 29.2 Å². The molecule has 0 bridgehead atoms. The fraction of sp³-hybridized carbons (Fsp3) is 0.500. The highest BCUT2D eigenvalue weighted by Gasteiger charge is 2.65. The Morgan fingerprint density at radius 1 is 1.30 bits per heavy atom. The van der Waals surface area contributed by atoms with Gasteiger partial charge in [0.2, 0.25) is 5.60 Å². The number of hydrogen-bond donors (Lipinski definition) is 4. The van der Waals surface area contributed by atoms with Crippen molar-refractivity contribution in [1.29, 1.82) is 5.26 Å². The van der Waals surface area contributed by atoms with Crippen molar-refractivity contribution in [3.8, 4) is 11.8 Å². The fourth-order valence-corrected chi connectivity index (χ4v) is 6.40. The fourth-order valence-electron chi connectivity index (χ4n) is 4.90. The largest absolute Gasteiger partial charge is 0.464 e. The number of ether oxygens (including phenoxy) is 2. The molecular weight excluding hydrogens is 598 g/mol. The number of aliphatic hydroxyl groups excluding tert-OH is 1. The average molecular weight is 635 g/mol. The van der Waals surface area contributed by atoms with Crippen molar-refractivity contribution in [2.75, 3.05) is 18.9 Å². The highest BCUT2D eigenvalue weighted by atomic mass is 31.2. The third kappa shape index (κ3) is 6.41. The summed E-state index contributed by atoms with van der Waals surface area (Å²) < 4.78 is 51.6. The van der Waals surface area contributed by atoms with Crippen molar-refractivity contribution in [3.05, 3.63) is 54.2 Å². The number of fused-ring (bicyclic) bond motifs is 1. The van der Waals surface area contributed by atoms with Crippen LogP contribution >= 0.6 is 7.75 Å². The monoisotopic (exact) mass is 634 g/mol. The van der Waals surface area contributed by atoms with E-state index in [0.717, 1.165) is 24.3 Å². The number of carbonyl (C=O) groups is 1. The van der Waals surface area contributed by atoms with Gasteiger partial charge in [-0.25, -0.2) is 9.08 Å². The Bertz CT molecular complexity index is 1560. The molecule has 1 fully saturated rings. The summed E-state index contributed by atoms with van der Waals surface area (Å²) in [6.07, 6.45) is -2.82. The first kappa shape index (κ1) is 33.3. The van der Waals surface area contributed by atoms with Gasteiger partial charge in [0, 0.05) is 0 Å². The molecule has 1 saturated heterocycles. The lowest BCUT2D eigenvalue weighted by molar-refractivity contribution is -0.146. The van der Waals surface area contributed by atoms with Crippen molar-refractivity contribution in [2.45, 2.75) is 70.0 Å². The van der Waals surface area contributed by atoms with Crippen molar-refractivity contribution in [2.24, 2.45) is 5.92 Å². The first-order chi connectivity index (χ1) is 20.8. The van der Waals surface area contributed by atoms with Crippen LogP contribution < -0.4 is 15.3 Å². The number of esters is 1. The molecular formula is C28H36FN6O8P. The molecule has 3 aromatic rings. The summed E-state index contributed by atoms with van der Waals surface area (Å²) in [6, 6.07) is 11.5. The van der Waals surface area contributed by atoms with Crippen LogP contribution in [0.15, 0.2) is 42.5 Å². The van der Waals surface area contributed by atoms with Crippen LogP contribution in [0.5, 0.6) is 5.75 Å². The molecule has 1 aliphatic rings. The zero-order valence-corrected chi connectivity index (χ0v) is 25.6. The van der Waals surface area contributed by atoms with Gasteiger partial charge in [0.1, 0.15) is 41.2 Å². The van der Waals surface area contributed by atoms with E-state index in [0.29, 0.717) is 0 Å². The third-order valence-corrected chi connectivity index (χ3v) is 9.34. The van der Waals surface area contributed by atoms with E-state index >= 15 is 0 Å². The maximum Gasteiger partial charge on any atom is 0.459 e. The van der Waals surface area contributed by atoms with E-state index in [1.807, 2.05) is 19.9 Å². The van der Waals surface area contributed by atoms with Gasteiger partial charge in [0.15, 0.2) is 5.82 Å². The Morgan fingerprint density at radius 2 is 1.98 bits per heavy atom. The highest BCUT2D eigenvalue weighted by Crippen LogP contribution is 2.50. The number of para-hydroxylation sites is 1. The number of nitrogen functional groups attached to an aromatic ring is 1. The zero-order chi connectivity index (χ0) is 32.3. The smallest absolute Gasteiger partial charge is 0.459 e. The summed E-state index contributed by atoms with van der Waals surface area (Å²) in [6.45, 7) is 6.05. The number of nitriles is 1. The van der Waals surface area contributed by atoms with Gasteiger partial charge >= 0.3 is 19.8 Å². The first-order valence-corrected chi connectivity index (χ1v) is 15.6. The van der Waals surface area contributed by atoms with Gasteiger partial charge in [-0.05, 0) is 44.0 Å². The van der Waals surface area contributed by atoms with Gasteiger partial charge in [-0.15, -0.1) is 5.10 Å². The summed E-state index contributed by atoms with van der Waals surface area (Å²) >= 11 is 0. The summed E-state index contributed by atoms with van der Waals surface area (Å²) in [4.78, 5) is 16.2. The molecule has 238 valence electrons. The number of anilines is 1. The van der Waals surface area contributed by atoms with Gasteiger partial charge in [0.25, 0.3) is 0 Å². The molecule has 2 aromatic heterocycles. The molecule has 0 saturated carbocycles. The van der Waals surface area contributed by atoms with Gasteiger partial charge < -0.3 is 29.9 Å².